The van der Waals surface area contributed by atoms with E-state index in [1.807, 2.05) is 60.7 Å². The van der Waals surface area contributed by atoms with Crippen molar-refractivity contribution in [1.82, 2.24) is 41.4 Å². The van der Waals surface area contributed by atoms with Crippen LogP contribution in [-0.2, 0) is 79.2 Å². The lowest BCUT2D eigenvalue weighted by Crippen LogP contribution is -2.54. The molecule has 1 saturated heterocycles. The number of Topliss-reactive ketones (excluding diaryl/α,β-unsaturated/α-hetero) is 2. The smallest absolute Gasteiger partial charge is 0.410 e. The summed E-state index contributed by atoms with van der Waals surface area (Å²) < 4.78 is 33.2. The number of carboxylic acids is 1. The average molecular weight is 1460 g/mol. The summed E-state index contributed by atoms with van der Waals surface area (Å²) in [7, 11) is -3.76. The summed E-state index contributed by atoms with van der Waals surface area (Å²) >= 11 is 0. The van der Waals surface area contributed by atoms with Crippen LogP contribution in [0.1, 0.15) is 76.3 Å². The number of aliphatic hydroxyl groups excluding tert-OH is 1. The first-order chi connectivity index (χ1) is 48.9. The summed E-state index contributed by atoms with van der Waals surface area (Å²) in [6, 6.07) is 30.7. The Morgan fingerprint density at radius 2 is 0.971 bits per heavy atom. The molecule has 0 radical (unpaired) electrons. The Balaban J connectivity index is 0.000000365. The predicted molar refractivity (Wildman–Crippen MR) is 392 cm³/mol. The van der Waals surface area contributed by atoms with Crippen molar-refractivity contribution in [2.45, 2.75) is 154 Å². The number of primary amides is 2. The third-order valence-corrected chi connectivity index (χ3v) is 19.8. The van der Waals surface area contributed by atoms with Crippen LogP contribution in [0.15, 0.2) is 132 Å². The van der Waals surface area contributed by atoms with Crippen molar-refractivity contribution in [2.24, 2.45) is 11.5 Å². The fourth-order valence-electron chi connectivity index (χ4n) is 11.3. The summed E-state index contributed by atoms with van der Waals surface area (Å²) in [5, 5.41) is 34.7. The van der Waals surface area contributed by atoms with E-state index in [1.54, 1.807) is 64.9 Å². The maximum atomic E-state index is 15.4. The number of carbonyl (C=O) groups is 10. The summed E-state index contributed by atoms with van der Waals surface area (Å²) in [6.45, 7) is 16.0. The van der Waals surface area contributed by atoms with Crippen LogP contribution >= 0.6 is 0 Å². The number of hydrogen-bond acceptors (Lipinski definition) is 16. The predicted octanol–water partition coefficient (Wildman–Crippen LogP) is 7.85. The second kappa shape index (κ2) is 39.7. The van der Waals surface area contributed by atoms with Crippen molar-refractivity contribution in [3.05, 3.63) is 183 Å². The zero-order valence-electron chi connectivity index (χ0n) is 59.4. The minimum Gasteiger partial charge on any atom is -0.477 e. The van der Waals surface area contributed by atoms with Gasteiger partial charge in [0.1, 0.15) is 43.3 Å². The number of benzene rings is 5. The molecule has 1 aromatic heterocycles. The first-order valence-electron chi connectivity index (χ1n) is 34.1. The lowest BCUT2D eigenvalue weighted by molar-refractivity contribution is -0.128. The number of nitrogens with one attached hydrogen (secondary N) is 6. The maximum absolute atomic E-state index is 15.4. The Hall–Kier alpha value is -10.5. The molecule has 12 N–H and O–H groups in total. The number of nitrogens with zero attached hydrogens (tertiary/aromatic N) is 3. The Bertz CT molecular complexity index is 3950. The van der Waals surface area contributed by atoms with Gasteiger partial charge in [0.05, 0.1) is 29.9 Å². The number of ether oxygens (including phenoxy) is 3. The van der Waals surface area contributed by atoms with E-state index in [0.717, 1.165) is 28.3 Å². The number of aromatic nitrogens is 1. The number of urea groups is 2. The SMILES string of the molecule is CCn1cc(C(=O)O)c(=O)c2cc(F)c(N3CCN(C(=O)OCc4ccc(CC(=O)[C@H](CCCNC(N)=O)NC(=O)[C@H](C[Si](C)(C)C)NC(=O)OCc5ccccc5)cc4)CC3)cc21.C[Si](C)(C)C[C@H](NC(=O)OCc1ccccc1)C(=O)N[C@@H](CCCNC(N)=O)C(=O)Cc1ccc(CO)cc1. The molecular formula is C73H96FN11O16Si2. The number of alkyl carbamates (subject to hydrolysis) is 2. The summed E-state index contributed by atoms with van der Waals surface area (Å²) in [4.78, 5) is 142. The third kappa shape index (κ3) is 27.8. The van der Waals surface area contributed by atoms with Crippen LogP contribution in [0.5, 0.6) is 0 Å². The number of hydrogen-bond donors (Lipinski definition) is 10. The van der Waals surface area contributed by atoms with Gasteiger partial charge in [-0.15, -0.1) is 0 Å². The Labute approximate surface area is 600 Å². The molecule has 1 aliphatic rings. The molecule has 9 amide bonds. The van der Waals surface area contributed by atoms with E-state index in [2.05, 4.69) is 71.2 Å². The van der Waals surface area contributed by atoms with Crippen molar-refractivity contribution < 1.29 is 76.8 Å². The van der Waals surface area contributed by atoms with Crippen LogP contribution in [0.2, 0.25) is 51.4 Å². The Morgan fingerprint density at radius 1 is 0.553 bits per heavy atom. The molecule has 0 saturated carbocycles. The van der Waals surface area contributed by atoms with Gasteiger partial charge in [-0.05, 0) is 90.2 Å². The van der Waals surface area contributed by atoms with E-state index < -0.39 is 105 Å². The van der Waals surface area contributed by atoms with Crippen LogP contribution in [0, 0.1) is 5.82 Å². The van der Waals surface area contributed by atoms with Crippen LogP contribution < -0.4 is 53.7 Å². The lowest BCUT2D eigenvalue weighted by Gasteiger charge is -2.35. The number of aliphatic hydroxyl groups is 1. The number of nitrogens with two attached hydrogens (primary N) is 2. The normalized spacial score (nSPS) is 13.3. The van der Waals surface area contributed by atoms with Crippen LogP contribution in [-0.4, -0.2) is 159 Å². The number of carbonyl (C=O) groups excluding carboxylic acids is 9. The molecule has 0 bridgehead atoms. The molecule has 1 fully saturated rings. The van der Waals surface area contributed by atoms with Crippen molar-refractivity contribution in [3.63, 3.8) is 0 Å². The molecule has 4 atom stereocenters. The van der Waals surface area contributed by atoms with Gasteiger partial charge in [-0.1, -0.05) is 148 Å². The number of fused-ring (bicyclic) bond motifs is 1. The zero-order valence-corrected chi connectivity index (χ0v) is 61.4. The van der Waals surface area contributed by atoms with Crippen molar-refractivity contribution in [3.8, 4) is 0 Å². The number of pyridine rings is 1. The molecule has 27 nitrogen and oxygen atoms in total. The number of aryl methyl sites for hydroxylation is 1. The lowest BCUT2D eigenvalue weighted by atomic mass is 9.99. The number of halogens is 1. The zero-order chi connectivity index (χ0) is 75.4. The standard InChI is InChI=1S/C45H56FN7O10Si.C28H40N4O6Si/c1-5-51-25-33(42(57)58)40(55)32-23-34(46)38(24-37(32)51)52-18-20-53(21-19-52)45(61)63-27-31-15-13-29(14-16-31)22-39(54)35(12-9-17-48-43(47)59)49-41(56)36(28-64(2,3)4)50-44(60)62-26-30-10-7-6-8-11-30;1-39(2,3)19-24(32-28(37)38-18-22-8-5-4-6-9-22)26(35)31-23(10-7-15-30-27(29)36)25(34)16-20-11-13-21(17-33)14-12-20/h6-8,10-11,13-16,23-25,35-36H,5,9,12,17-22,26-28H2,1-4H3,(H,49,56)(H,50,60)(H,57,58)(H3,47,48,59);4-6,8-9,11-14,23-24,33H,7,10,15-19H2,1-3H3,(H,31,35)(H,32,37)(H3,29,30,36)/t35-,36-;23-,24-/m00/s1. The number of amides is 9. The molecule has 0 unspecified atom stereocenters. The third-order valence-electron chi connectivity index (χ3n) is 16.6. The van der Waals surface area contributed by atoms with Crippen molar-refractivity contribution in [2.75, 3.05) is 44.2 Å². The highest BCUT2D eigenvalue weighted by Crippen LogP contribution is 2.27. The van der Waals surface area contributed by atoms with E-state index >= 15 is 4.39 Å². The second-order valence-corrected chi connectivity index (χ2v) is 38.5. The molecule has 554 valence electrons. The van der Waals surface area contributed by atoms with Crippen LogP contribution in [0.25, 0.3) is 10.9 Å². The number of anilines is 1. The number of aromatic carboxylic acids is 1. The number of carboxylic acid groups (broad SMARTS) is 1. The Morgan fingerprint density at radius 3 is 1.38 bits per heavy atom. The van der Waals surface area contributed by atoms with Gasteiger partial charge >= 0.3 is 36.3 Å². The van der Waals surface area contributed by atoms with Gasteiger partial charge in [0.25, 0.3) is 0 Å². The first-order valence-corrected chi connectivity index (χ1v) is 41.5. The highest BCUT2D eigenvalue weighted by Gasteiger charge is 2.34. The molecule has 30 heteroatoms. The van der Waals surface area contributed by atoms with Crippen LogP contribution in [0.4, 0.5) is 34.1 Å². The van der Waals surface area contributed by atoms with E-state index in [-0.39, 0.29) is 114 Å². The number of piperazine rings is 1. The highest BCUT2D eigenvalue weighted by molar-refractivity contribution is 6.76. The van der Waals surface area contributed by atoms with E-state index in [9.17, 15) is 63.0 Å². The minimum atomic E-state index is -1.93. The largest absolute Gasteiger partial charge is 0.477 e. The van der Waals surface area contributed by atoms with Crippen molar-refractivity contribution in [1.29, 1.82) is 0 Å². The fourth-order valence-corrected chi connectivity index (χ4v) is 14.3. The van der Waals surface area contributed by atoms with Gasteiger partial charge in [-0.25, -0.2) is 33.2 Å². The molecule has 0 spiro atoms. The average Bonchev–Trinajstić information content (AvgIpc) is 0.763. The minimum absolute atomic E-state index is 0.0193. The Kier molecular flexibility index (Phi) is 31.4. The molecule has 1 aliphatic heterocycles. The van der Waals surface area contributed by atoms with Gasteiger partial charge in [-0.2, -0.15) is 0 Å². The van der Waals surface area contributed by atoms with Gasteiger partial charge in [0, 0.05) is 86.4 Å². The van der Waals surface area contributed by atoms with E-state index in [4.69, 9.17) is 25.7 Å². The number of rotatable bonds is 34. The molecule has 0 aliphatic carbocycles. The van der Waals surface area contributed by atoms with Gasteiger partial charge in [-0.3, -0.25) is 24.0 Å². The summed E-state index contributed by atoms with van der Waals surface area (Å²) in [5.74, 6) is -3.56. The summed E-state index contributed by atoms with van der Waals surface area (Å²) in [6.07, 6.45) is 0.474. The molecule has 103 heavy (non-hydrogen) atoms. The highest BCUT2D eigenvalue weighted by atomic mass is 28.3. The first kappa shape index (κ1) is 81.5. The fraction of sp³-hybridized carbons (Fsp3) is 0.411. The van der Waals surface area contributed by atoms with Crippen molar-refractivity contribution >= 4 is 92.4 Å². The molecular weight excluding hydrogens is 1360 g/mol. The monoisotopic (exact) mass is 1460 g/mol. The van der Waals surface area contributed by atoms with Gasteiger partial charge < -0.3 is 82.2 Å². The molecule has 5 aromatic carbocycles. The summed E-state index contributed by atoms with van der Waals surface area (Å²) in [5.41, 5.74) is 14.2. The van der Waals surface area contributed by atoms with E-state index in [0.29, 0.717) is 48.1 Å². The molecule has 2 heterocycles. The molecule has 6 aromatic rings. The topological polar surface area (TPSA) is 392 Å². The maximum Gasteiger partial charge on any atom is 0.410 e. The quantitative estimate of drug-likeness (QED) is 0.0104. The van der Waals surface area contributed by atoms with Gasteiger partial charge in [0.15, 0.2) is 11.6 Å². The van der Waals surface area contributed by atoms with Crippen LogP contribution in [0.3, 0.4) is 0 Å². The molecule has 7 rings (SSSR count). The van der Waals surface area contributed by atoms with Gasteiger partial charge in [0.2, 0.25) is 17.2 Å². The number of ketones is 2. The second-order valence-electron chi connectivity index (χ2n) is 27.4. The van der Waals surface area contributed by atoms with E-state index in [1.165, 1.54) is 17.2 Å².